The van der Waals surface area contributed by atoms with Gasteiger partial charge < -0.3 is 29.5 Å². The number of aromatic nitrogens is 4. The summed E-state index contributed by atoms with van der Waals surface area (Å²) in [4.78, 5) is 61.4. The van der Waals surface area contributed by atoms with Gasteiger partial charge in [0.1, 0.15) is 11.6 Å². The molecule has 17 heteroatoms. The standard InChI is InChI=1S/C37H41ClF2N8O6/c1-19-29(20(2)44-43-19)25-10-9-24(30(39)31(25)40)28-17-41-32(45(28)6)33(50)42-21-7-8-23(26(38)15-21)34(51)46-11-13-47(14-12-46)35(52)27-16-22(49)18-48(27)36(53)54-37(3,4)5/h7-10,15,17,22,27,49H,11-14,16,18H2,1-6H3,(H,42,50)(H,43,44)/t22-,27+/m1/s1. The van der Waals surface area contributed by atoms with Crippen molar-refractivity contribution < 1.29 is 37.8 Å². The van der Waals surface area contributed by atoms with Crippen LogP contribution < -0.4 is 5.32 Å². The molecule has 2 saturated heterocycles. The highest BCUT2D eigenvalue weighted by Gasteiger charge is 2.43. The molecule has 4 aromatic rings. The number of piperazine rings is 1. The second-order valence-corrected chi connectivity index (χ2v) is 14.8. The summed E-state index contributed by atoms with van der Waals surface area (Å²) in [5.41, 5.74) is 1.43. The van der Waals surface area contributed by atoms with E-state index in [4.69, 9.17) is 16.3 Å². The summed E-state index contributed by atoms with van der Waals surface area (Å²) in [6.07, 6.45) is -0.158. The normalized spacial score (nSPS) is 17.6. The number of anilines is 1. The molecule has 0 radical (unpaired) electrons. The van der Waals surface area contributed by atoms with Crippen LogP contribution in [-0.2, 0) is 16.6 Å². The lowest BCUT2D eigenvalue weighted by Gasteiger charge is -2.37. The number of benzene rings is 2. The summed E-state index contributed by atoms with van der Waals surface area (Å²) in [7, 11) is 1.50. The number of hydrogen-bond donors (Lipinski definition) is 3. The first-order valence-corrected chi connectivity index (χ1v) is 17.7. The van der Waals surface area contributed by atoms with Gasteiger partial charge in [0.25, 0.3) is 11.8 Å². The minimum atomic E-state index is -1.10. The number of halogens is 3. The highest BCUT2D eigenvalue weighted by atomic mass is 35.5. The maximum absolute atomic E-state index is 15.4. The van der Waals surface area contributed by atoms with Crippen LogP contribution in [-0.4, -0.2) is 114 Å². The van der Waals surface area contributed by atoms with Gasteiger partial charge in [-0.25, -0.2) is 18.6 Å². The molecule has 2 aromatic carbocycles. The van der Waals surface area contributed by atoms with E-state index in [1.165, 1.54) is 53.0 Å². The molecule has 2 aliphatic heterocycles. The number of carbonyl (C=O) groups is 4. The molecule has 0 saturated carbocycles. The van der Waals surface area contributed by atoms with Crippen LogP contribution in [0.1, 0.15) is 59.6 Å². The molecule has 4 amide bonds. The topological polar surface area (TPSA) is 166 Å². The molecule has 2 aromatic heterocycles. The van der Waals surface area contributed by atoms with Crippen LogP contribution in [0.4, 0.5) is 19.3 Å². The largest absolute Gasteiger partial charge is 0.444 e. The number of hydrogen-bond acceptors (Lipinski definition) is 8. The number of amides is 4. The zero-order valence-electron chi connectivity index (χ0n) is 30.7. The number of aromatic amines is 1. The van der Waals surface area contributed by atoms with Crippen molar-refractivity contribution in [1.29, 1.82) is 0 Å². The number of aliphatic hydroxyl groups excluding tert-OH is 1. The minimum Gasteiger partial charge on any atom is -0.444 e. The average molecular weight is 767 g/mol. The van der Waals surface area contributed by atoms with E-state index in [2.05, 4.69) is 20.5 Å². The molecule has 0 aliphatic carbocycles. The molecule has 54 heavy (non-hydrogen) atoms. The van der Waals surface area contributed by atoms with E-state index in [1.807, 2.05) is 0 Å². The Bertz CT molecular complexity index is 2120. The smallest absolute Gasteiger partial charge is 0.411 e. The Morgan fingerprint density at radius 1 is 1.00 bits per heavy atom. The average Bonchev–Trinajstić information content (AvgIpc) is 3.80. The minimum absolute atomic E-state index is 0.00942. The number of carbonyl (C=O) groups excluding carboxylic acids is 4. The molecule has 3 N–H and O–H groups in total. The van der Waals surface area contributed by atoms with E-state index in [0.717, 1.165) is 0 Å². The molecular weight excluding hydrogens is 726 g/mol. The SMILES string of the molecule is Cc1n[nH]c(C)c1-c1ccc(-c2cnc(C(=O)Nc3ccc(C(=O)N4CCN(C(=O)[C@@H]5C[C@@H](O)CN5C(=O)OC(C)(C)C)CC4)c(Cl)c3)n2C)c(F)c1F. The highest BCUT2D eigenvalue weighted by Crippen LogP contribution is 2.34. The summed E-state index contributed by atoms with van der Waals surface area (Å²) >= 11 is 6.52. The number of nitrogens with zero attached hydrogens (tertiary/aromatic N) is 6. The number of rotatable bonds is 6. The van der Waals surface area contributed by atoms with Crippen LogP contribution in [0, 0.1) is 25.5 Å². The van der Waals surface area contributed by atoms with Crippen molar-refractivity contribution >= 4 is 41.1 Å². The van der Waals surface area contributed by atoms with Gasteiger partial charge in [0.05, 0.1) is 40.8 Å². The van der Waals surface area contributed by atoms with E-state index in [1.54, 1.807) is 44.4 Å². The predicted molar refractivity (Wildman–Crippen MR) is 195 cm³/mol. The monoisotopic (exact) mass is 766 g/mol. The zero-order valence-corrected chi connectivity index (χ0v) is 31.4. The molecule has 0 unspecified atom stereocenters. The van der Waals surface area contributed by atoms with Gasteiger partial charge in [-0.15, -0.1) is 0 Å². The van der Waals surface area contributed by atoms with Gasteiger partial charge in [-0.1, -0.05) is 17.7 Å². The van der Waals surface area contributed by atoms with Crippen molar-refractivity contribution in [3.63, 3.8) is 0 Å². The Hall–Kier alpha value is -5.35. The molecule has 2 atom stereocenters. The number of likely N-dealkylation sites (tertiary alicyclic amines) is 1. The number of nitrogens with one attached hydrogen (secondary N) is 2. The summed E-state index contributed by atoms with van der Waals surface area (Å²) in [5.74, 6) is -3.58. The van der Waals surface area contributed by atoms with Crippen molar-refractivity contribution in [2.24, 2.45) is 7.05 Å². The second-order valence-electron chi connectivity index (χ2n) is 14.4. The van der Waals surface area contributed by atoms with E-state index in [-0.39, 0.29) is 89.9 Å². The van der Waals surface area contributed by atoms with E-state index in [0.29, 0.717) is 17.0 Å². The van der Waals surface area contributed by atoms with Crippen molar-refractivity contribution in [1.82, 2.24) is 34.4 Å². The van der Waals surface area contributed by atoms with Crippen LogP contribution in [0.5, 0.6) is 0 Å². The van der Waals surface area contributed by atoms with Gasteiger partial charge in [0.2, 0.25) is 5.91 Å². The molecule has 0 bridgehead atoms. The molecule has 6 rings (SSSR count). The zero-order chi connectivity index (χ0) is 39.2. The van der Waals surface area contributed by atoms with Gasteiger partial charge in [-0.3, -0.25) is 24.4 Å². The maximum atomic E-state index is 15.4. The first-order chi connectivity index (χ1) is 25.4. The van der Waals surface area contributed by atoms with E-state index >= 15 is 8.78 Å². The second kappa shape index (κ2) is 14.8. The number of β-amino-alcohol motifs (C(OH)–C–C–N with tert-alkyl or cyclic N) is 1. The van der Waals surface area contributed by atoms with Gasteiger partial charge in [-0.2, -0.15) is 5.10 Å². The van der Waals surface area contributed by atoms with Crippen LogP contribution in [0.15, 0.2) is 36.5 Å². The molecule has 0 spiro atoms. The Balaban J connectivity index is 1.08. The lowest BCUT2D eigenvalue weighted by molar-refractivity contribution is -0.137. The maximum Gasteiger partial charge on any atom is 0.411 e. The first-order valence-electron chi connectivity index (χ1n) is 17.3. The molecule has 286 valence electrons. The first kappa shape index (κ1) is 38.4. The van der Waals surface area contributed by atoms with Crippen LogP contribution in [0.25, 0.3) is 22.4 Å². The third-order valence-corrected chi connectivity index (χ3v) is 9.79. The Morgan fingerprint density at radius 3 is 2.28 bits per heavy atom. The third kappa shape index (κ3) is 7.53. The van der Waals surface area contributed by atoms with Gasteiger partial charge in [0.15, 0.2) is 17.5 Å². The summed E-state index contributed by atoms with van der Waals surface area (Å²) in [6, 6.07) is 6.41. The fraction of sp³-hybridized carbons (Fsp3) is 0.405. The highest BCUT2D eigenvalue weighted by molar-refractivity contribution is 6.34. The quantitative estimate of drug-likeness (QED) is 0.249. The number of aryl methyl sites for hydroxylation is 2. The van der Waals surface area contributed by atoms with Crippen LogP contribution in [0.2, 0.25) is 5.02 Å². The lowest BCUT2D eigenvalue weighted by atomic mass is 10.00. The molecule has 14 nitrogen and oxygen atoms in total. The lowest BCUT2D eigenvalue weighted by Crippen LogP contribution is -2.55. The molecule has 2 aliphatic rings. The van der Waals surface area contributed by atoms with Crippen molar-refractivity contribution in [3.05, 3.63) is 76.0 Å². The third-order valence-electron chi connectivity index (χ3n) is 9.47. The van der Waals surface area contributed by atoms with Crippen molar-refractivity contribution in [3.8, 4) is 22.4 Å². The fourth-order valence-corrected chi connectivity index (χ4v) is 7.05. The number of ether oxygens (including phenoxy) is 1. The molecular formula is C37H41ClF2N8O6. The summed E-state index contributed by atoms with van der Waals surface area (Å²) in [6.45, 7) is 9.39. The van der Waals surface area contributed by atoms with Gasteiger partial charge >= 0.3 is 6.09 Å². The van der Waals surface area contributed by atoms with Crippen LogP contribution >= 0.6 is 11.6 Å². The molecule has 2 fully saturated rings. The van der Waals surface area contributed by atoms with Crippen molar-refractivity contribution in [2.45, 2.75) is 58.8 Å². The summed E-state index contributed by atoms with van der Waals surface area (Å²) in [5, 5.41) is 19.8. The fourth-order valence-electron chi connectivity index (χ4n) is 6.79. The van der Waals surface area contributed by atoms with Gasteiger partial charge in [-0.05, 0) is 58.9 Å². The number of H-pyrrole nitrogens is 1. The Morgan fingerprint density at radius 2 is 1.65 bits per heavy atom. The predicted octanol–water partition coefficient (Wildman–Crippen LogP) is 4.93. The summed E-state index contributed by atoms with van der Waals surface area (Å²) < 4.78 is 37.5. The van der Waals surface area contributed by atoms with Crippen LogP contribution in [0.3, 0.4) is 0 Å². The Kier molecular flexibility index (Phi) is 10.5. The van der Waals surface area contributed by atoms with E-state index < -0.39 is 41.4 Å². The molecule has 4 heterocycles. The van der Waals surface area contributed by atoms with Gasteiger partial charge in [0, 0.05) is 67.7 Å². The number of aliphatic hydroxyl groups is 1. The Labute approximate surface area is 315 Å². The van der Waals surface area contributed by atoms with Crippen molar-refractivity contribution in [2.75, 3.05) is 38.0 Å². The van der Waals surface area contributed by atoms with E-state index in [9.17, 15) is 24.3 Å². The number of imidazole rings is 1.